The fourth-order valence-electron chi connectivity index (χ4n) is 2.51. The Labute approximate surface area is 137 Å². The van der Waals surface area contributed by atoms with Crippen molar-refractivity contribution in [2.45, 2.75) is 6.92 Å². The highest BCUT2D eigenvalue weighted by Gasteiger charge is 2.05. The molecule has 0 aliphatic heterocycles. The predicted octanol–water partition coefficient (Wildman–Crippen LogP) is 4.56. The molecule has 0 fully saturated rings. The molecule has 0 atom stereocenters. The molecule has 3 aromatic heterocycles. The van der Waals surface area contributed by atoms with E-state index in [4.69, 9.17) is 0 Å². The Morgan fingerprint density at radius 3 is 2.70 bits per heavy atom. The van der Waals surface area contributed by atoms with E-state index < -0.39 is 0 Å². The first-order chi connectivity index (χ1) is 11.3. The molecule has 5 heteroatoms. The van der Waals surface area contributed by atoms with Gasteiger partial charge in [-0.1, -0.05) is 6.07 Å². The summed E-state index contributed by atoms with van der Waals surface area (Å²) >= 11 is 1.65. The molecule has 112 valence electrons. The maximum Gasteiger partial charge on any atom is 0.0928 e. The van der Waals surface area contributed by atoms with Crippen molar-refractivity contribution in [3.8, 4) is 11.1 Å². The molecule has 0 saturated carbocycles. The van der Waals surface area contributed by atoms with Gasteiger partial charge < -0.3 is 0 Å². The van der Waals surface area contributed by atoms with E-state index in [0.717, 1.165) is 38.4 Å². The maximum atomic E-state index is 4.43. The number of H-pyrrole nitrogens is 1. The molecule has 0 bridgehead atoms. The van der Waals surface area contributed by atoms with Crippen LogP contribution in [0, 0.1) is 6.92 Å². The normalized spacial score (nSPS) is 11.5. The summed E-state index contributed by atoms with van der Waals surface area (Å²) in [5.41, 5.74) is 5.21. The Balaban J connectivity index is 1.69. The minimum absolute atomic E-state index is 0.923. The van der Waals surface area contributed by atoms with Crippen LogP contribution < -0.4 is 0 Å². The van der Waals surface area contributed by atoms with Crippen LogP contribution in [0.1, 0.15) is 16.4 Å². The van der Waals surface area contributed by atoms with Crippen LogP contribution in [0.2, 0.25) is 0 Å². The van der Waals surface area contributed by atoms with Crippen molar-refractivity contribution in [3.05, 3.63) is 64.5 Å². The van der Waals surface area contributed by atoms with Gasteiger partial charge in [-0.3, -0.25) is 10.1 Å². The summed E-state index contributed by atoms with van der Waals surface area (Å²) in [7, 11) is 0. The van der Waals surface area contributed by atoms with Crippen LogP contribution in [0.5, 0.6) is 0 Å². The summed E-state index contributed by atoms with van der Waals surface area (Å²) in [6, 6.07) is 10.3. The lowest BCUT2D eigenvalue weighted by atomic mass is 10.0. The van der Waals surface area contributed by atoms with Gasteiger partial charge in [-0.15, -0.1) is 11.3 Å². The smallest absolute Gasteiger partial charge is 0.0928 e. The second-order valence-corrected chi connectivity index (χ2v) is 6.29. The summed E-state index contributed by atoms with van der Waals surface area (Å²) in [5, 5.41) is 11.7. The van der Waals surface area contributed by atoms with Gasteiger partial charge in [0, 0.05) is 23.2 Å². The molecule has 4 aromatic rings. The van der Waals surface area contributed by atoms with Crippen LogP contribution in [0.3, 0.4) is 0 Å². The minimum Gasteiger partial charge on any atom is -0.277 e. The van der Waals surface area contributed by atoms with E-state index in [2.05, 4.69) is 38.4 Å². The highest BCUT2D eigenvalue weighted by Crippen LogP contribution is 2.25. The molecule has 4 nitrogen and oxygen atoms in total. The Morgan fingerprint density at radius 2 is 1.91 bits per heavy atom. The number of fused-ring (bicyclic) bond motifs is 1. The third-order valence-corrected chi connectivity index (χ3v) is 4.45. The molecular formula is C18H14N4S. The Bertz CT molecular complexity index is 983. The number of benzene rings is 1. The van der Waals surface area contributed by atoms with E-state index in [9.17, 15) is 0 Å². The Hall–Kier alpha value is -2.79. The third-order valence-electron chi connectivity index (χ3n) is 3.65. The predicted molar refractivity (Wildman–Crippen MR) is 95.1 cm³/mol. The molecule has 0 saturated heterocycles. The largest absolute Gasteiger partial charge is 0.277 e. The quantitative estimate of drug-likeness (QED) is 0.602. The zero-order valence-electron chi connectivity index (χ0n) is 12.5. The molecule has 1 aromatic carbocycles. The van der Waals surface area contributed by atoms with Gasteiger partial charge in [0.2, 0.25) is 0 Å². The second-order valence-electron chi connectivity index (χ2n) is 5.23. The molecule has 4 rings (SSSR count). The van der Waals surface area contributed by atoms with Crippen molar-refractivity contribution >= 4 is 34.4 Å². The van der Waals surface area contributed by atoms with Gasteiger partial charge in [0.05, 0.1) is 21.9 Å². The fraction of sp³-hybridized carbons (Fsp3) is 0.0556. The summed E-state index contributed by atoms with van der Waals surface area (Å²) in [4.78, 5) is 8.49. The fourth-order valence-corrected chi connectivity index (χ4v) is 3.09. The van der Waals surface area contributed by atoms with Crippen molar-refractivity contribution in [1.82, 2.24) is 20.2 Å². The van der Waals surface area contributed by atoms with E-state index in [1.807, 2.05) is 36.6 Å². The lowest BCUT2D eigenvalue weighted by Crippen LogP contribution is -1.79. The van der Waals surface area contributed by atoms with E-state index >= 15 is 0 Å². The number of hydrogen-bond donors (Lipinski definition) is 1. The summed E-state index contributed by atoms with van der Waals surface area (Å²) in [6.07, 6.45) is 7.60. The lowest BCUT2D eigenvalue weighted by Gasteiger charge is -2.00. The standard InChI is InChI=1S/C18H14N4S/c1-12-20-15(11-23-12)3-5-17-16-4-2-14(10-18(16)22-21-17)13-6-8-19-9-7-13/h2-11H,1H3,(H,21,22)/b5-3+. The van der Waals surface area contributed by atoms with Crippen LogP contribution in [0.15, 0.2) is 48.1 Å². The molecule has 23 heavy (non-hydrogen) atoms. The van der Waals surface area contributed by atoms with E-state index in [-0.39, 0.29) is 0 Å². The number of nitrogens with zero attached hydrogens (tertiary/aromatic N) is 3. The molecule has 0 unspecified atom stereocenters. The average Bonchev–Trinajstić information content (AvgIpc) is 3.19. The van der Waals surface area contributed by atoms with Crippen LogP contribution in [0.25, 0.3) is 34.2 Å². The first-order valence-corrected chi connectivity index (χ1v) is 8.16. The zero-order chi connectivity index (χ0) is 15.6. The van der Waals surface area contributed by atoms with Gasteiger partial charge in [-0.25, -0.2) is 4.98 Å². The summed E-state index contributed by atoms with van der Waals surface area (Å²) in [5.74, 6) is 0. The number of pyridine rings is 1. The molecule has 0 radical (unpaired) electrons. The SMILES string of the molecule is Cc1nc(/C=C/c2n[nH]c3cc(-c4ccncc4)ccc23)cs1. The third kappa shape index (κ3) is 2.78. The van der Waals surface area contributed by atoms with Crippen LogP contribution in [0.4, 0.5) is 0 Å². The van der Waals surface area contributed by atoms with Crippen molar-refractivity contribution in [2.24, 2.45) is 0 Å². The van der Waals surface area contributed by atoms with E-state index in [1.54, 1.807) is 23.7 Å². The van der Waals surface area contributed by atoms with Gasteiger partial charge in [0.1, 0.15) is 0 Å². The van der Waals surface area contributed by atoms with Gasteiger partial charge in [0.25, 0.3) is 0 Å². The number of aromatic nitrogens is 4. The van der Waals surface area contributed by atoms with Crippen molar-refractivity contribution in [3.63, 3.8) is 0 Å². The molecule has 3 heterocycles. The van der Waals surface area contributed by atoms with Gasteiger partial charge in [0.15, 0.2) is 0 Å². The number of aromatic amines is 1. The zero-order valence-corrected chi connectivity index (χ0v) is 13.3. The summed E-state index contributed by atoms with van der Waals surface area (Å²) in [6.45, 7) is 2.01. The highest BCUT2D eigenvalue weighted by molar-refractivity contribution is 7.09. The molecule has 1 N–H and O–H groups in total. The second kappa shape index (κ2) is 5.78. The van der Waals surface area contributed by atoms with Gasteiger partial charge in [-0.05, 0) is 54.5 Å². The average molecular weight is 318 g/mol. The first-order valence-electron chi connectivity index (χ1n) is 7.28. The van der Waals surface area contributed by atoms with Crippen LogP contribution >= 0.6 is 11.3 Å². The van der Waals surface area contributed by atoms with Crippen molar-refractivity contribution in [1.29, 1.82) is 0 Å². The van der Waals surface area contributed by atoms with E-state index in [1.165, 1.54) is 0 Å². The monoisotopic (exact) mass is 318 g/mol. The van der Waals surface area contributed by atoms with E-state index in [0.29, 0.717) is 0 Å². The van der Waals surface area contributed by atoms with Crippen molar-refractivity contribution < 1.29 is 0 Å². The number of nitrogens with one attached hydrogen (secondary N) is 1. The lowest BCUT2D eigenvalue weighted by molar-refractivity contribution is 1.11. The molecule has 0 aliphatic carbocycles. The first kappa shape index (κ1) is 13.8. The molecule has 0 spiro atoms. The minimum atomic E-state index is 0.923. The Morgan fingerprint density at radius 1 is 1.04 bits per heavy atom. The summed E-state index contributed by atoms with van der Waals surface area (Å²) < 4.78 is 0. The van der Waals surface area contributed by atoms with Crippen molar-refractivity contribution in [2.75, 3.05) is 0 Å². The van der Waals surface area contributed by atoms with Crippen LogP contribution in [-0.4, -0.2) is 20.2 Å². The molecule has 0 aliphatic rings. The van der Waals surface area contributed by atoms with Gasteiger partial charge >= 0.3 is 0 Å². The number of aryl methyl sites for hydroxylation is 1. The molecule has 0 amide bonds. The number of rotatable bonds is 3. The van der Waals surface area contributed by atoms with Gasteiger partial charge in [-0.2, -0.15) is 5.10 Å². The highest BCUT2D eigenvalue weighted by atomic mass is 32.1. The Kier molecular flexibility index (Phi) is 3.48. The number of thiazole rings is 1. The van der Waals surface area contributed by atoms with Crippen LogP contribution in [-0.2, 0) is 0 Å². The number of hydrogen-bond acceptors (Lipinski definition) is 4. The topological polar surface area (TPSA) is 54.5 Å². The molecular weight excluding hydrogens is 304 g/mol. The maximum absolute atomic E-state index is 4.43.